The molecule has 0 heterocycles. The van der Waals surface area contributed by atoms with Gasteiger partial charge in [-0.25, -0.2) is 4.39 Å². The molecule has 2 fully saturated rings. The van der Waals surface area contributed by atoms with Gasteiger partial charge in [0.15, 0.2) is 0 Å². The van der Waals surface area contributed by atoms with Gasteiger partial charge in [0.2, 0.25) is 0 Å². The highest BCUT2D eigenvalue weighted by atomic mass is 35.5. The van der Waals surface area contributed by atoms with Gasteiger partial charge in [0, 0.05) is 11.1 Å². The van der Waals surface area contributed by atoms with Crippen LogP contribution in [-0.2, 0) is 6.42 Å². The average Bonchev–Trinajstić information content (AvgIpc) is 3.07. The Balaban J connectivity index is 1.66. The van der Waals surface area contributed by atoms with Gasteiger partial charge in [0.25, 0.3) is 0 Å². The molecule has 0 aliphatic heterocycles. The zero-order valence-electron chi connectivity index (χ0n) is 10.4. The van der Waals surface area contributed by atoms with Crippen LogP contribution in [-0.4, -0.2) is 6.04 Å². The highest BCUT2D eigenvalue weighted by Gasteiger charge is 2.52. The maximum absolute atomic E-state index is 13.7. The van der Waals surface area contributed by atoms with Crippen molar-refractivity contribution in [2.45, 2.75) is 38.1 Å². The van der Waals surface area contributed by atoms with Gasteiger partial charge < -0.3 is 5.73 Å². The van der Waals surface area contributed by atoms with Crippen molar-refractivity contribution in [2.24, 2.45) is 23.5 Å². The zero-order valence-corrected chi connectivity index (χ0v) is 11.2. The molecule has 2 saturated carbocycles. The van der Waals surface area contributed by atoms with E-state index in [9.17, 15) is 4.39 Å². The minimum absolute atomic E-state index is 0.105. The van der Waals surface area contributed by atoms with Crippen LogP contribution in [0.2, 0.25) is 5.02 Å². The summed E-state index contributed by atoms with van der Waals surface area (Å²) in [6, 6.07) is 4.99. The van der Waals surface area contributed by atoms with Gasteiger partial charge in [-0.15, -0.1) is 0 Å². The fourth-order valence-corrected chi connectivity index (χ4v) is 3.92. The quantitative estimate of drug-likeness (QED) is 0.886. The van der Waals surface area contributed by atoms with E-state index in [0.717, 1.165) is 11.8 Å². The van der Waals surface area contributed by atoms with E-state index < -0.39 is 0 Å². The Hall–Kier alpha value is -0.600. The predicted molar refractivity (Wildman–Crippen MR) is 72.0 cm³/mol. The standard InChI is InChI=1S/C15H19ClFN/c16-10-6-5-9(13(17)8-10)7-14(18)15-11-3-1-2-4-12(11)15/h5-6,8,11-12,14-15H,1-4,7,18H2. The van der Waals surface area contributed by atoms with Crippen molar-refractivity contribution in [3.05, 3.63) is 34.6 Å². The van der Waals surface area contributed by atoms with E-state index >= 15 is 0 Å². The summed E-state index contributed by atoms with van der Waals surface area (Å²) in [6.07, 6.45) is 5.98. The van der Waals surface area contributed by atoms with Crippen molar-refractivity contribution in [1.29, 1.82) is 0 Å². The lowest BCUT2D eigenvalue weighted by Crippen LogP contribution is -2.27. The zero-order chi connectivity index (χ0) is 12.7. The van der Waals surface area contributed by atoms with Gasteiger partial charge in [-0.3, -0.25) is 0 Å². The third-order valence-electron chi connectivity index (χ3n) is 4.69. The van der Waals surface area contributed by atoms with E-state index in [4.69, 9.17) is 17.3 Å². The summed E-state index contributed by atoms with van der Waals surface area (Å²) in [4.78, 5) is 0. The molecule has 18 heavy (non-hydrogen) atoms. The fraction of sp³-hybridized carbons (Fsp3) is 0.600. The van der Waals surface area contributed by atoms with Crippen molar-refractivity contribution < 1.29 is 4.39 Å². The molecule has 0 spiro atoms. The lowest BCUT2D eigenvalue weighted by Gasteiger charge is -2.12. The first-order valence-electron chi connectivity index (χ1n) is 6.86. The Labute approximate surface area is 113 Å². The SMILES string of the molecule is NC(Cc1ccc(Cl)cc1F)C1C2CCCCC21. The van der Waals surface area contributed by atoms with Crippen LogP contribution in [0.5, 0.6) is 0 Å². The maximum Gasteiger partial charge on any atom is 0.127 e. The lowest BCUT2D eigenvalue weighted by atomic mass is 10.0. The van der Waals surface area contributed by atoms with Gasteiger partial charge in [-0.1, -0.05) is 30.5 Å². The number of nitrogens with two attached hydrogens (primary N) is 1. The molecule has 3 unspecified atom stereocenters. The monoisotopic (exact) mass is 267 g/mol. The fourth-order valence-electron chi connectivity index (χ4n) is 3.76. The third-order valence-corrected chi connectivity index (χ3v) is 4.92. The Morgan fingerprint density at radius 1 is 1.28 bits per heavy atom. The second-order valence-corrected chi connectivity index (χ2v) is 6.23. The molecule has 0 bridgehead atoms. The molecule has 0 amide bonds. The van der Waals surface area contributed by atoms with Crippen LogP contribution in [0.25, 0.3) is 0 Å². The van der Waals surface area contributed by atoms with Crippen LogP contribution in [0, 0.1) is 23.6 Å². The Morgan fingerprint density at radius 3 is 2.56 bits per heavy atom. The van der Waals surface area contributed by atoms with Crippen LogP contribution in [0.3, 0.4) is 0 Å². The summed E-state index contributed by atoms with van der Waals surface area (Å²) in [5.74, 6) is 2.05. The minimum Gasteiger partial charge on any atom is -0.327 e. The molecule has 98 valence electrons. The summed E-state index contributed by atoms with van der Waals surface area (Å²) < 4.78 is 13.7. The summed E-state index contributed by atoms with van der Waals surface area (Å²) in [7, 11) is 0. The Bertz CT molecular complexity index is 436. The third kappa shape index (κ3) is 2.28. The second-order valence-electron chi connectivity index (χ2n) is 5.79. The molecule has 2 aliphatic rings. The highest BCUT2D eigenvalue weighted by molar-refractivity contribution is 6.30. The number of halogens is 2. The van der Waals surface area contributed by atoms with Gasteiger partial charge in [-0.2, -0.15) is 0 Å². The van der Waals surface area contributed by atoms with E-state index in [0.29, 0.717) is 22.9 Å². The summed E-state index contributed by atoms with van der Waals surface area (Å²) in [6.45, 7) is 0. The number of benzene rings is 1. The van der Waals surface area contributed by atoms with E-state index in [2.05, 4.69) is 0 Å². The van der Waals surface area contributed by atoms with Gasteiger partial charge in [0.05, 0.1) is 0 Å². The molecule has 3 heteroatoms. The Morgan fingerprint density at radius 2 is 1.94 bits per heavy atom. The Kier molecular flexibility index (Phi) is 3.33. The van der Waals surface area contributed by atoms with Crippen molar-refractivity contribution in [2.75, 3.05) is 0 Å². The normalized spacial score (nSPS) is 31.8. The molecular formula is C15H19ClFN. The topological polar surface area (TPSA) is 26.0 Å². The number of hydrogen-bond acceptors (Lipinski definition) is 1. The molecule has 0 radical (unpaired) electrons. The smallest absolute Gasteiger partial charge is 0.127 e. The van der Waals surface area contributed by atoms with Crippen LogP contribution in [0.1, 0.15) is 31.2 Å². The molecule has 0 saturated heterocycles. The molecular weight excluding hydrogens is 249 g/mol. The first-order valence-corrected chi connectivity index (χ1v) is 7.24. The first-order chi connectivity index (χ1) is 8.66. The van der Waals surface area contributed by atoms with E-state index in [1.807, 2.05) is 0 Å². The van der Waals surface area contributed by atoms with Gasteiger partial charge in [-0.05, 0) is 54.7 Å². The van der Waals surface area contributed by atoms with Gasteiger partial charge >= 0.3 is 0 Å². The van der Waals surface area contributed by atoms with E-state index in [1.165, 1.54) is 31.7 Å². The summed E-state index contributed by atoms with van der Waals surface area (Å²) >= 11 is 5.76. The lowest BCUT2D eigenvalue weighted by molar-refractivity contribution is 0.480. The van der Waals surface area contributed by atoms with Crippen LogP contribution >= 0.6 is 11.6 Å². The molecule has 2 aliphatic carbocycles. The molecule has 2 N–H and O–H groups in total. The molecule has 1 aromatic rings. The first kappa shape index (κ1) is 12.4. The minimum atomic E-state index is -0.221. The van der Waals surface area contributed by atoms with Crippen molar-refractivity contribution in [3.8, 4) is 0 Å². The predicted octanol–water partition coefficient (Wildman–Crippen LogP) is 3.79. The second kappa shape index (κ2) is 4.82. The van der Waals surface area contributed by atoms with Crippen LogP contribution < -0.4 is 5.73 Å². The molecule has 3 rings (SSSR count). The average molecular weight is 268 g/mol. The highest BCUT2D eigenvalue weighted by Crippen LogP contribution is 2.56. The van der Waals surface area contributed by atoms with Gasteiger partial charge in [0.1, 0.15) is 5.82 Å². The molecule has 1 nitrogen and oxygen atoms in total. The maximum atomic E-state index is 13.7. The van der Waals surface area contributed by atoms with Crippen LogP contribution in [0.4, 0.5) is 4.39 Å². The summed E-state index contributed by atoms with van der Waals surface area (Å²) in [5, 5.41) is 0.449. The molecule has 0 aromatic heterocycles. The van der Waals surface area contributed by atoms with Crippen molar-refractivity contribution in [1.82, 2.24) is 0 Å². The largest absolute Gasteiger partial charge is 0.327 e. The number of hydrogen-bond donors (Lipinski definition) is 1. The number of rotatable bonds is 3. The molecule has 3 atom stereocenters. The van der Waals surface area contributed by atoms with E-state index in [1.54, 1.807) is 12.1 Å². The molecule has 1 aromatic carbocycles. The van der Waals surface area contributed by atoms with E-state index in [-0.39, 0.29) is 11.9 Å². The van der Waals surface area contributed by atoms with Crippen molar-refractivity contribution >= 4 is 11.6 Å². The van der Waals surface area contributed by atoms with Crippen molar-refractivity contribution in [3.63, 3.8) is 0 Å². The van der Waals surface area contributed by atoms with Crippen LogP contribution in [0.15, 0.2) is 18.2 Å². The number of fused-ring (bicyclic) bond motifs is 1. The summed E-state index contributed by atoms with van der Waals surface area (Å²) in [5.41, 5.74) is 6.98.